The Bertz CT molecular complexity index is 855. The fraction of sp³-hybridized carbons (Fsp3) is 0.524. The smallest absolute Gasteiger partial charge is 0.341 e. The molecular weight excluding hydrogens is 406 g/mol. The summed E-state index contributed by atoms with van der Waals surface area (Å²) in [5.74, 6) is 0.753. The lowest BCUT2D eigenvalue weighted by Crippen LogP contribution is -2.49. The van der Waals surface area contributed by atoms with Crippen molar-refractivity contribution in [2.75, 3.05) is 38.1 Å². The van der Waals surface area contributed by atoms with E-state index in [9.17, 15) is 4.79 Å². The van der Waals surface area contributed by atoms with Crippen LogP contribution in [0.15, 0.2) is 22.8 Å². The van der Waals surface area contributed by atoms with Crippen LogP contribution in [-0.2, 0) is 24.1 Å². The van der Waals surface area contributed by atoms with Gasteiger partial charge >= 0.3 is 5.97 Å². The van der Waals surface area contributed by atoms with Gasteiger partial charge < -0.3 is 19.4 Å². The third-order valence-electron chi connectivity index (χ3n) is 5.49. The van der Waals surface area contributed by atoms with Crippen LogP contribution in [0.4, 0.5) is 5.00 Å². The molecule has 1 N–H and O–H groups in total. The Morgan fingerprint density at radius 3 is 2.79 bits per heavy atom. The van der Waals surface area contributed by atoms with Gasteiger partial charge in [-0.1, -0.05) is 0 Å². The number of rotatable bonds is 5. The van der Waals surface area contributed by atoms with Crippen LogP contribution >= 0.6 is 23.6 Å². The normalized spacial score (nSPS) is 17.1. The Balaban J connectivity index is 1.41. The Kier molecular flexibility index (Phi) is 6.52. The van der Waals surface area contributed by atoms with Gasteiger partial charge in [-0.05, 0) is 62.5 Å². The minimum atomic E-state index is -0.236. The first kappa shape index (κ1) is 20.4. The molecule has 4 rings (SSSR count). The largest absolute Gasteiger partial charge is 0.468 e. The molecule has 6 nitrogen and oxygen atoms in total. The van der Waals surface area contributed by atoms with Crippen LogP contribution in [0.3, 0.4) is 0 Å². The zero-order chi connectivity index (χ0) is 20.2. The van der Waals surface area contributed by atoms with Crippen molar-refractivity contribution in [3.8, 4) is 0 Å². The summed E-state index contributed by atoms with van der Waals surface area (Å²) in [5.41, 5.74) is 1.86. The van der Waals surface area contributed by atoms with Crippen LogP contribution in [0, 0.1) is 0 Å². The minimum Gasteiger partial charge on any atom is -0.468 e. The molecule has 2 aromatic rings. The third kappa shape index (κ3) is 4.65. The number of hydrogen-bond acceptors (Lipinski definition) is 6. The van der Waals surface area contributed by atoms with E-state index in [-0.39, 0.29) is 5.97 Å². The number of aryl methyl sites for hydroxylation is 1. The molecule has 1 aliphatic heterocycles. The van der Waals surface area contributed by atoms with E-state index in [4.69, 9.17) is 21.4 Å². The van der Waals surface area contributed by atoms with Gasteiger partial charge in [0.05, 0.1) is 25.0 Å². The number of thiophene rings is 1. The number of fused-ring (bicyclic) bond motifs is 1. The number of ether oxygens (including phenoxy) is 1. The first-order valence-electron chi connectivity index (χ1n) is 10.3. The predicted octanol–water partition coefficient (Wildman–Crippen LogP) is 3.91. The third-order valence-corrected chi connectivity index (χ3v) is 7.06. The highest BCUT2D eigenvalue weighted by atomic mass is 32.1. The molecule has 8 heteroatoms. The fourth-order valence-electron chi connectivity index (χ4n) is 3.98. The second-order valence-corrected chi connectivity index (χ2v) is 8.90. The summed E-state index contributed by atoms with van der Waals surface area (Å²) in [4.78, 5) is 18.5. The molecule has 1 fully saturated rings. The number of thiocarbonyl (C=S) groups is 1. The molecule has 2 aromatic heterocycles. The van der Waals surface area contributed by atoms with Crippen LogP contribution in [0.25, 0.3) is 0 Å². The van der Waals surface area contributed by atoms with Gasteiger partial charge in [0.25, 0.3) is 0 Å². The number of piperazine rings is 1. The molecule has 0 bridgehead atoms. The van der Waals surface area contributed by atoms with E-state index in [0.29, 0.717) is 17.3 Å². The molecule has 0 saturated carbocycles. The van der Waals surface area contributed by atoms with Gasteiger partial charge in [0.1, 0.15) is 10.8 Å². The van der Waals surface area contributed by atoms with Gasteiger partial charge in [0.15, 0.2) is 5.11 Å². The summed E-state index contributed by atoms with van der Waals surface area (Å²) >= 11 is 7.36. The number of esters is 1. The standard InChI is InChI=1S/C21H27N3O3S2/c1-2-26-20(25)18-16-7-3-4-8-17(16)29-19(18)22-21(28)24-11-9-23(10-12-24)14-15-6-5-13-27-15/h5-6,13H,2-4,7-12,14H2,1H3,(H,22,28). The number of anilines is 1. The number of nitrogens with one attached hydrogen (secondary N) is 1. The second-order valence-electron chi connectivity index (χ2n) is 7.41. The topological polar surface area (TPSA) is 58.0 Å². The highest BCUT2D eigenvalue weighted by molar-refractivity contribution is 7.80. The van der Waals surface area contributed by atoms with Crippen molar-refractivity contribution in [3.63, 3.8) is 0 Å². The van der Waals surface area contributed by atoms with Crippen LogP contribution in [0.5, 0.6) is 0 Å². The Hall–Kier alpha value is -1.90. The molecule has 156 valence electrons. The first-order chi connectivity index (χ1) is 14.2. The molecule has 0 unspecified atom stereocenters. The van der Waals surface area contributed by atoms with E-state index in [1.54, 1.807) is 17.6 Å². The lowest BCUT2D eigenvalue weighted by molar-refractivity contribution is 0.0526. The van der Waals surface area contributed by atoms with E-state index in [2.05, 4.69) is 15.1 Å². The molecule has 1 saturated heterocycles. The number of hydrogen-bond donors (Lipinski definition) is 1. The zero-order valence-electron chi connectivity index (χ0n) is 16.7. The summed E-state index contributed by atoms with van der Waals surface area (Å²) in [6.07, 6.45) is 5.99. The molecule has 0 aromatic carbocycles. The SMILES string of the molecule is CCOC(=O)c1c(NC(=S)N2CCN(Cc3ccco3)CC2)sc2c1CCCC2. The molecule has 1 aliphatic carbocycles. The van der Waals surface area contributed by atoms with E-state index in [1.165, 1.54) is 11.3 Å². The Labute approximate surface area is 180 Å². The van der Waals surface area contributed by atoms with Crippen LogP contribution < -0.4 is 5.32 Å². The Morgan fingerprint density at radius 2 is 2.07 bits per heavy atom. The monoisotopic (exact) mass is 433 g/mol. The number of carbonyl (C=O) groups excluding carboxylic acids is 1. The maximum absolute atomic E-state index is 12.6. The van der Waals surface area contributed by atoms with E-state index in [0.717, 1.165) is 68.3 Å². The van der Waals surface area contributed by atoms with Crippen LogP contribution in [-0.4, -0.2) is 53.7 Å². The summed E-state index contributed by atoms with van der Waals surface area (Å²) < 4.78 is 10.8. The van der Waals surface area contributed by atoms with Crippen LogP contribution in [0.1, 0.15) is 46.3 Å². The summed E-state index contributed by atoms with van der Waals surface area (Å²) in [5, 5.41) is 4.91. The van der Waals surface area contributed by atoms with Gasteiger partial charge in [0, 0.05) is 31.1 Å². The summed E-state index contributed by atoms with van der Waals surface area (Å²) in [6, 6.07) is 3.93. The summed E-state index contributed by atoms with van der Waals surface area (Å²) in [6.45, 7) is 6.61. The molecule has 0 atom stereocenters. The van der Waals surface area contributed by atoms with Gasteiger partial charge in [-0.25, -0.2) is 4.79 Å². The van der Waals surface area contributed by atoms with Crippen molar-refractivity contribution in [3.05, 3.63) is 40.2 Å². The van der Waals surface area contributed by atoms with Crippen molar-refractivity contribution < 1.29 is 13.9 Å². The van der Waals surface area contributed by atoms with E-state index >= 15 is 0 Å². The maximum atomic E-state index is 12.6. The molecule has 2 aliphatic rings. The average Bonchev–Trinajstić information content (AvgIpc) is 3.36. The van der Waals surface area contributed by atoms with Crippen molar-refractivity contribution >= 4 is 39.6 Å². The van der Waals surface area contributed by atoms with Gasteiger partial charge in [0.2, 0.25) is 0 Å². The van der Waals surface area contributed by atoms with Crippen molar-refractivity contribution in [2.24, 2.45) is 0 Å². The van der Waals surface area contributed by atoms with E-state index < -0.39 is 0 Å². The van der Waals surface area contributed by atoms with Gasteiger partial charge in [-0.2, -0.15) is 0 Å². The predicted molar refractivity (Wildman–Crippen MR) is 119 cm³/mol. The molecule has 0 amide bonds. The van der Waals surface area contributed by atoms with E-state index in [1.807, 2.05) is 19.1 Å². The average molecular weight is 434 g/mol. The molecule has 0 spiro atoms. The first-order valence-corrected chi connectivity index (χ1v) is 11.5. The number of furan rings is 1. The van der Waals surface area contributed by atoms with Crippen molar-refractivity contribution in [1.82, 2.24) is 9.80 Å². The van der Waals surface area contributed by atoms with Gasteiger partial charge in [-0.3, -0.25) is 4.90 Å². The number of nitrogens with zero attached hydrogens (tertiary/aromatic N) is 2. The molecular formula is C21H27N3O3S2. The fourth-order valence-corrected chi connectivity index (χ4v) is 5.61. The minimum absolute atomic E-state index is 0.236. The second kappa shape index (κ2) is 9.28. The number of carbonyl (C=O) groups is 1. The summed E-state index contributed by atoms with van der Waals surface area (Å²) in [7, 11) is 0. The van der Waals surface area contributed by atoms with Gasteiger partial charge in [-0.15, -0.1) is 11.3 Å². The lowest BCUT2D eigenvalue weighted by atomic mass is 9.95. The Morgan fingerprint density at radius 1 is 1.28 bits per heavy atom. The van der Waals surface area contributed by atoms with Crippen LogP contribution in [0.2, 0.25) is 0 Å². The highest BCUT2D eigenvalue weighted by Gasteiger charge is 2.28. The van der Waals surface area contributed by atoms with Crippen molar-refractivity contribution in [1.29, 1.82) is 0 Å². The molecule has 29 heavy (non-hydrogen) atoms. The molecule has 0 radical (unpaired) electrons. The highest BCUT2D eigenvalue weighted by Crippen LogP contribution is 2.38. The maximum Gasteiger partial charge on any atom is 0.341 e. The zero-order valence-corrected chi connectivity index (χ0v) is 18.4. The lowest BCUT2D eigenvalue weighted by Gasteiger charge is -2.35. The quantitative estimate of drug-likeness (QED) is 0.567. The van der Waals surface area contributed by atoms with Crippen molar-refractivity contribution in [2.45, 2.75) is 39.2 Å². The molecule has 3 heterocycles.